The first-order valence-electron chi connectivity index (χ1n) is 24.7. The largest absolute Gasteiger partial charge is 0.397 e. The van der Waals surface area contributed by atoms with Gasteiger partial charge in [0.25, 0.3) is 42.2 Å². The Kier molecular flexibility index (Phi) is 18.2. The number of fused-ring (bicyclic) bond motifs is 2. The zero-order valence-electron chi connectivity index (χ0n) is 43.6. The van der Waals surface area contributed by atoms with Crippen molar-refractivity contribution in [2.45, 2.75) is 92.1 Å². The molecule has 1 aliphatic heterocycles. The molecule has 4 aromatic carbocycles. The van der Waals surface area contributed by atoms with Gasteiger partial charge in [-0.1, -0.05) is 36.4 Å². The van der Waals surface area contributed by atoms with Crippen molar-refractivity contribution in [2.75, 3.05) is 59.8 Å². The molecule has 0 bridgehead atoms. The molecule has 426 valence electrons. The van der Waals surface area contributed by atoms with Crippen LogP contribution in [0.15, 0.2) is 99.6 Å². The Bertz CT molecular complexity index is 3630. The first-order valence-corrected chi connectivity index (χ1v) is 29.0. The van der Waals surface area contributed by atoms with E-state index in [4.69, 9.17) is 15.2 Å². The molecule has 1 aromatic heterocycles. The SMILES string of the molecule is CC(C)(CCCNC(=O)CCCN1C(=O)C=CC1=O)OCCC(C)(C)OCCCNc1nc(Nc2ccccc2S(=O)(=O)O)nc(Nc2ccc(Nc3cc(S(=O)(=O)O)c(N)c4c3C(=O)c3ccccc3C4=O)cc2S(=O)(=O)O)n1. The van der Waals surface area contributed by atoms with Gasteiger partial charge in [0.1, 0.15) is 14.7 Å². The van der Waals surface area contributed by atoms with Crippen LogP contribution in [0.1, 0.15) is 98.1 Å². The Morgan fingerprint density at radius 2 is 1.15 bits per heavy atom. The van der Waals surface area contributed by atoms with Crippen molar-refractivity contribution in [1.29, 1.82) is 0 Å². The fourth-order valence-corrected chi connectivity index (χ4v) is 10.5. The molecule has 0 atom stereocenters. The highest BCUT2D eigenvalue weighted by molar-refractivity contribution is 7.86. The maximum absolute atomic E-state index is 13.9. The summed E-state index contributed by atoms with van der Waals surface area (Å²) in [5.41, 5.74) is 2.18. The number of nitrogens with one attached hydrogen (secondary N) is 5. The molecule has 80 heavy (non-hydrogen) atoms. The fraction of sp³-hybridized carbons (Fsp3) is 0.333. The number of para-hydroxylation sites is 1. The van der Waals surface area contributed by atoms with Crippen molar-refractivity contribution in [3.05, 3.63) is 107 Å². The molecular formula is C51H58N10O16S3. The van der Waals surface area contributed by atoms with Crippen LogP contribution in [-0.2, 0) is 54.2 Å². The third-order valence-electron chi connectivity index (χ3n) is 12.6. The molecule has 0 saturated carbocycles. The zero-order valence-corrected chi connectivity index (χ0v) is 46.1. The molecule has 0 spiro atoms. The van der Waals surface area contributed by atoms with Crippen molar-refractivity contribution >= 4 is 106 Å². The highest BCUT2D eigenvalue weighted by atomic mass is 32.2. The molecule has 3 amide bonds. The van der Waals surface area contributed by atoms with Crippen LogP contribution in [0.4, 0.5) is 46.3 Å². The number of imide groups is 1. The summed E-state index contributed by atoms with van der Waals surface area (Å²) in [5, 5.41) is 14.0. The number of hydrogen-bond acceptors (Lipinski definition) is 21. The van der Waals surface area contributed by atoms with Gasteiger partial charge in [-0.05, 0) is 96.2 Å². The number of amides is 3. The number of benzene rings is 4. The predicted molar refractivity (Wildman–Crippen MR) is 291 cm³/mol. The van der Waals surface area contributed by atoms with Gasteiger partial charge in [-0.25, -0.2) is 0 Å². The molecule has 29 heteroatoms. The topological polar surface area (TPSA) is 395 Å². The van der Waals surface area contributed by atoms with Crippen LogP contribution in [0.25, 0.3) is 0 Å². The maximum atomic E-state index is 13.9. The molecule has 7 rings (SSSR count). The van der Waals surface area contributed by atoms with Crippen LogP contribution < -0.4 is 32.3 Å². The van der Waals surface area contributed by atoms with Crippen LogP contribution in [0, 0.1) is 0 Å². The number of carbonyl (C=O) groups excluding carboxylic acids is 5. The van der Waals surface area contributed by atoms with E-state index in [0.29, 0.717) is 45.3 Å². The summed E-state index contributed by atoms with van der Waals surface area (Å²) in [6.45, 7) is 9.11. The van der Waals surface area contributed by atoms with Crippen molar-refractivity contribution in [2.24, 2.45) is 0 Å². The monoisotopic (exact) mass is 1160 g/mol. The van der Waals surface area contributed by atoms with Crippen molar-refractivity contribution < 1.29 is 72.4 Å². The van der Waals surface area contributed by atoms with Gasteiger partial charge in [0.05, 0.1) is 51.7 Å². The molecule has 26 nitrogen and oxygen atoms in total. The van der Waals surface area contributed by atoms with Gasteiger partial charge in [0.15, 0.2) is 11.6 Å². The van der Waals surface area contributed by atoms with E-state index >= 15 is 0 Å². The third kappa shape index (κ3) is 15.1. The number of nitrogens with two attached hydrogens (primary N) is 1. The molecule has 10 N–H and O–H groups in total. The second kappa shape index (κ2) is 24.3. The zero-order chi connectivity index (χ0) is 58.4. The lowest BCUT2D eigenvalue weighted by Gasteiger charge is -2.30. The van der Waals surface area contributed by atoms with Crippen LogP contribution in [0.3, 0.4) is 0 Å². The van der Waals surface area contributed by atoms with E-state index in [2.05, 4.69) is 41.5 Å². The molecule has 0 fully saturated rings. The first-order chi connectivity index (χ1) is 37.5. The minimum atomic E-state index is -5.16. The molecule has 1 aliphatic carbocycles. The Morgan fingerprint density at radius 3 is 1.77 bits per heavy atom. The van der Waals surface area contributed by atoms with E-state index in [1.165, 1.54) is 60.7 Å². The fourth-order valence-electron chi connectivity index (χ4n) is 8.50. The quantitative estimate of drug-likeness (QED) is 0.0131. The number of anilines is 8. The highest BCUT2D eigenvalue weighted by Crippen LogP contribution is 2.41. The van der Waals surface area contributed by atoms with Crippen LogP contribution in [-0.4, -0.2) is 132 Å². The normalized spacial score (nSPS) is 13.8. The van der Waals surface area contributed by atoms with E-state index in [1.54, 1.807) is 0 Å². The van der Waals surface area contributed by atoms with Gasteiger partial charge in [-0.3, -0.25) is 42.5 Å². The molecule has 5 aromatic rings. The van der Waals surface area contributed by atoms with E-state index < -0.39 is 79.1 Å². The van der Waals surface area contributed by atoms with Gasteiger partial charge in [-0.15, -0.1) is 0 Å². The first kappa shape index (κ1) is 59.9. The van der Waals surface area contributed by atoms with Crippen molar-refractivity contribution in [3.63, 3.8) is 0 Å². The Labute approximate surface area is 460 Å². The number of rotatable bonds is 27. The Morgan fingerprint density at radius 1 is 0.600 bits per heavy atom. The van der Waals surface area contributed by atoms with E-state index in [1.807, 2.05) is 27.7 Å². The van der Waals surface area contributed by atoms with E-state index in [0.717, 1.165) is 29.2 Å². The number of aromatic nitrogens is 3. The van der Waals surface area contributed by atoms with Gasteiger partial charge in [0.2, 0.25) is 23.8 Å². The number of ether oxygens (including phenoxy) is 2. The van der Waals surface area contributed by atoms with Crippen molar-refractivity contribution in [1.82, 2.24) is 25.2 Å². The molecule has 2 aliphatic rings. The van der Waals surface area contributed by atoms with Gasteiger partial charge < -0.3 is 41.8 Å². The average Bonchev–Trinajstić information content (AvgIpc) is 3.75. The highest BCUT2D eigenvalue weighted by Gasteiger charge is 2.37. The lowest BCUT2D eigenvalue weighted by Crippen LogP contribution is -2.33. The number of hydrogen-bond donors (Lipinski definition) is 9. The van der Waals surface area contributed by atoms with Crippen LogP contribution >= 0.6 is 0 Å². The second-order valence-electron chi connectivity index (χ2n) is 19.6. The number of carbonyl (C=O) groups is 5. The summed E-state index contributed by atoms with van der Waals surface area (Å²) < 4.78 is 118. The average molecular weight is 1160 g/mol. The second-order valence-corrected chi connectivity index (χ2v) is 23.7. The van der Waals surface area contributed by atoms with Crippen LogP contribution in [0.2, 0.25) is 0 Å². The van der Waals surface area contributed by atoms with Gasteiger partial charge >= 0.3 is 0 Å². The van der Waals surface area contributed by atoms with Crippen molar-refractivity contribution in [3.8, 4) is 0 Å². The lowest BCUT2D eigenvalue weighted by atomic mass is 9.82. The standard InChI is InChI=1S/C51H58N10O16S3/c1-50(2,21-10-23-53-39(62)16-9-25-61-40(63)19-20-41(61)64)77-27-22-51(3,4)76-26-11-24-54-47-58-48(56-33-14-7-8-15-36(33)78(67,68)69)60-49(59-47)57-34-18-17-30(28-37(34)79(70,71)72)55-35-29-38(80(73,74)75)44(52)43-42(35)45(65)31-12-5-6-13-32(31)46(43)66/h5-8,12-15,17-20,28-29,55H,9-11,16,21-27,52H2,1-4H3,(H,53,62)(H,67,68,69)(H,70,71,72)(H,73,74,75)(H3,54,56,57,58,59,60). The summed E-state index contributed by atoms with van der Waals surface area (Å²) >= 11 is 0. The summed E-state index contributed by atoms with van der Waals surface area (Å²) in [4.78, 5) is 75.0. The third-order valence-corrected chi connectivity index (χ3v) is 15.3. The summed E-state index contributed by atoms with van der Waals surface area (Å²) in [6.07, 6.45) is 5.16. The molecule has 2 heterocycles. The van der Waals surface area contributed by atoms with Gasteiger partial charge in [-0.2, -0.15) is 40.2 Å². The van der Waals surface area contributed by atoms with E-state index in [9.17, 15) is 62.9 Å². The molecule has 0 unspecified atom stereocenters. The minimum Gasteiger partial charge on any atom is -0.397 e. The van der Waals surface area contributed by atoms with Crippen LogP contribution in [0.5, 0.6) is 0 Å². The number of ketones is 2. The maximum Gasteiger partial charge on any atom is 0.296 e. The minimum absolute atomic E-state index is 0.0419. The van der Waals surface area contributed by atoms with E-state index in [-0.39, 0.29) is 101 Å². The van der Waals surface area contributed by atoms with Gasteiger partial charge in [0, 0.05) is 61.6 Å². The summed E-state index contributed by atoms with van der Waals surface area (Å²) in [6, 6.07) is 15.0. The predicted octanol–water partition coefficient (Wildman–Crippen LogP) is 5.58. The summed E-state index contributed by atoms with van der Waals surface area (Å²) in [7, 11) is -15.0. The Hall–Kier alpha value is -7.77. The number of nitrogen functional groups attached to an aromatic ring is 1. The lowest BCUT2D eigenvalue weighted by molar-refractivity contribution is -0.137. The Balaban J connectivity index is 1.01. The smallest absolute Gasteiger partial charge is 0.296 e. The summed E-state index contributed by atoms with van der Waals surface area (Å²) in [5.74, 6) is -3.31. The number of nitrogens with zero attached hydrogens (tertiary/aromatic N) is 4. The molecule has 0 radical (unpaired) electrons. The molecule has 0 saturated heterocycles. The molecular weight excluding hydrogens is 1100 g/mol.